The van der Waals surface area contributed by atoms with Gasteiger partial charge in [-0.05, 0) is 11.6 Å². The molecule has 3 heterocycles. The Hall–Kier alpha value is -1.03. The van der Waals surface area contributed by atoms with E-state index >= 15 is 0 Å². The Morgan fingerprint density at radius 1 is 1.16 bits per heavy atom. The largest absolute Gasteiger partial charge is 0.379 e. The Morgan fingerprint density at radius 2 is 1.92 bits per heavy atom. The zero-order valence-electron chi connectivity index (χ0n) is 13.4. The van der Waals surface area contributed by atoms with Crippen molar-refractivity contribution in [2.24, 2.45) is 0 Å². The fourth-order valence-corrected chi connectivity index (χ4v) is 5.15. The number of benzene rings is 1. The van der Waals surface area contributed by atoms with Crippen molar-refractivity contribution < 1.29 is 13.2 Å². The SMILES string of the molecule is O=S1(=O)Nc2c(cc(Cl)c3c(Cl)c[nH]c23)CN1CCN1CCOCC1. The third-order valence-electron chi connectivity index (χ3n) is 4.63. The number of rotatable bonds is 3. The number of fused-ring (bicyclic) bond motifs is 3. The topological polar surface area (TPSA) is 77.7 Å². The molecule has 1 aromatic carbocycles. The van der Waals surface area contributed by atoms with E-state index in [1.165, 1.54) is 4.31 Å². The van der Waals surface area contributed by atoms with Gasteiger partial charge in [-0.1, -0.05) is 23.2 Å². The quantitative estimate of drug-likeness (QED) is 0.822. The maximum atomic E-state index is 12.6. The summed E-state index contributed by atoms with van der Waals surface area (Å²) < 4.78 is 34.7. The molecule has 2 N–H and O–H groups in total. The molecule has 0 unspecified atom stereocenters. The van der Waals surface area contributed by atoms with Crippen LogP contribution >= 0.6 is 23.2 Å². The monoisotopic (exact) mass is 404 g/mol. The summed E-state index contributed by atoms with van der Waals surface area (Å²) in [6, 6.07) is 1.78. The van der Waals surface area contributed by atoms with Crippen LogP contribution in [0, 0.1) is 0 Å². The molecular weight excluding hydrogens is 387 g/mol. The van der Waals surface area contributed by atoms with Gasteiger partial charge in [-0.25, -0.2) is 0 Å². The fourth-order valence-electron chi connectivity index (χ4n) is 3.27. The number of hydrogen-bond donors (Lipinski definition) is 2. The van der Waals surface area contributed by atoms with E-state index in [-0.39, 0.29) is 6.54 Å². The summed E-state index contributed by atoms with van der Waals surface area (Å²) in [6.45, 7) is 4.39. The van der Waals surface area contributed by atoms with Crippen LogP contribution in [0.25, 0.3) is 10.9 Å². The molecule has 0 atom stereocenters. The van der Waals surface area contributed by atoms with E-state index in [0.29, 0.717) is 52.9 Å². The van der Waals surface area contributed by atoms with Crippen LogP contribution in [-0.4, -0.2) is 62.0 Å². The van der Waals surface area contributed by atoms with Crippen molar-refractivity contribution in [3.8, 4) is 0 Å². The fraction of sp³-hybridized carbons (Fsp3) is 0.467. The van der Waals surface area contributed by atoms with E-state index in [1.54, 1.807) is 12.3 Å². The lowest BCUT2D eigenvalue weighted by Gasteiger charge is -2.32. The predicted octanol–water partition coefficient (Wildman–Crippen LogP) is 2.28. The molecule has 0 aliphatic carbocycles. The van der Waals surface area contributed by atoms with Gasteiger partial charge in [0.25, 0.3) is 0 Å². The van der Waals surface area contributed by atoms with Crippen molar-refractivity contribution >= 4 is 50.0 Å². The summed E-state index contributed by atoms with van der Waals surface area (Å²) in [5.41, 5.74) is 1.96. The van der Waals surface area contributed by atoms with Crippen molar-refractivity contribution in [2.75, 3.05) is 44.1 Å². The lowest BCUT2D eigenvalue weighted by Crippen LogP contribution is -2.45. The molecular formula is C15H18Cl2N4O3S. The second-order valence-corrected chi connectivity index (χ2v) is 8.66. The first-order valence-electron chi connectivity index (χ1n) is 8.01. The highest BCUT2D eigenvalue weighted by atomic mass is 35.5. The van der Waals surface area contributed by atoms with Gasteiger partial charge in [0, 0.05) is 44.3 Å². The zero-order chi connectivity index (χ0) is 17.6. The molecule has 0 spiro atoms. The van der Waals surface area contributed by atoms with Crippen LogP contribution in [-0.2, 0) is 21.5 Å². The molecule has 2 aliphatic rings. The van der Waals surface area contributed by atoms with Crippen LogP contribution in [0.3, 0.4) is 0 Å². The standard InChI is InChI=1S/C15H18Cl2N4O3S/c16-11-7-10-9-21(2-1-20-3-5-24-6-4-20)25(22,23)19-14(10)15-13(11)12(17)8-18-15/h7-8,18-19H,1-6,9H2. The van der Waals surface area contributed by atoms with E-state index < -0.39 is 10.2 Å². The molecule has 7 nitrogen and oxygen atoms in total. The molecule has 0 bridgehead atoms. The number of aromatic amines is 1. The minimum atomic E-state index is -3.61. The van der Waals surface area contributed by atoms with Gasteiger partial charge in [0.15, 0.2) is 0 Å². The smallest absolute Gasteiger partial charge is 0.302 e. The number of hydrogen-bond acceptors (Lipinski definition) is 4. The second-order valence-electron chi connectivity index (χ2n) is 6.17. The van der Waals surface area contributed by atoms with Gasteiger partial charge in [0.1, 0.15) is 0 Å². The van der Waals surface area contributed by atoms with Gasteiger partial charge in [0.05, 0.1) is 34.5 Å². The number of halogens is 2. The van der Waals surface area contributed by atoms with Crippen LogP contribution in [0.1, 0.15) is 5.56 Å². The molecule has 4 rings (SSSR count). The van der Waals surface area contributed by atoms with Gasteiger partial charge in [0.2, 0.25) is 0 Å². The molecule has 136 valence electrons. The Bertz CT molecular complexity index is 909. The summed E-state index contributed by atoms with van der Waals surface area (Å²) in [7, 11) is -3.61. The summed E-state index contributed by atoms with van der Waals surface area (Å²) in [5, 5.41) is 1.61. The van der Waals surface area contributed by atoms with Gasteiger partial charge >= 0.3 is 10.2 Å². The molecule has 0 saturated carbocycles. The number of ether oxygens (including phenoxy) is 1. The average molecular weight is 405 g/mol. The first-order valence-corrected chi connectivity index (χ1v) is 10.2. The molecule has 2 aromatic rings. The highest BCUT2D eigenvalue weighted by Crippen LogP contribution is 2.40. The van der Waals surface area contributed by atoms with Crippen molar-refractivity contribution in [3.63, 3.8) is 0 Å². The normalized spacial score (nSPS) is 21.2. The average Bonchev–Trinajstić information content (AvgIpc) is 2.97. The van der Waals surface area contributed by atoms with Gasteiger partial charge in [-0.3, -0.25) is 9.62 Å². The van der Waals surface area contributed by atoms with E-state index in [9.17, 15) is 8.42 Å². The first-order chi connectivity index (χ1) is 12.0. The summed E-state index contributed by atoms with van der Waals surface area (Å²) in [4.78, 5) is 5.21. The Kier molecular flexibility index (Phi) is 4.59. The third-order valence-corrected chi connectivity index (χ3v) is 6.68. The highest BCUT2D eigenvalue weighted by molar-refractivity contribution is 7.90. The van der Waals surface area contributed by atoms with Crippen molar-refractivity contribution in [1.29, 1.82) is 0 Å². The number of morpholine rings is 1. The minimum Gasteiger partial charge on any atom is -0.379 e. The first kappa shape index (κ1) is 17.4. The number of H-pyrrole nitrogens is 1. The van der Waals surface area contributed by atoms with E-state index in [2.05, 4.69) is 14.6 Å². The second kappa shape index (κ2) is 6.61. The van der Waals surface area contributed by atoms with Gasteiger partial charge in [-0.15, -0.1) is 0 Å². The third kappa shape index (κ3) is 3.22. The van der Waals surface area contributed by atoms with Crippen molar-refractivity contribution in [3.05, 3.63) is 27.9 Å². The predicted molar refractivity (Wildman–Crippen MR) is 98.5 cm³/mol. The minimum absolute atomic E-state index is 0.279. The zero-order valence-corrected chi connectivity index (χ0v) is 15.7. The number of nitrogens with zero attached hydrogens (tertiary/aromatic N) is 2. The maximum Gasteiger partial charge on any atom is 0.302 e. The van der Waals surface area contributed by atoms with Crippen LogP contribution in [0.2, 0.25) is 10.0 Å². The van der Waals surface area contributed by atoms with Crippen molar-refractivity contribution in [1.82, 2.24) is 14.2 Å². The molecule has 1 saturated heterocycles. The van der Waals surface area contributed by atoms with Crippen LogP contribution in [0.15, 0.2) is 12.3 Å². The summed E-state index contributed by atoms with van der Waals surface area (Å²) in [5.74, 6) is 0. The molecule has 25 heavy (non-hydrogen) atoms. The Labute approximate surface area is 156 Å². The van der Waals surface area contributed by atoms with E-state index in [4.69, 9.17) is 27.9 Å². The molecule has 1 aromatic heterocycles. The summed E-state index contributed by atoms with van der Waals surface area (Å²) in [6.07, 6.45) is 1.61. The van der Waals surface area contributed by atoms with Crippen LogP contribution < -0.4 is 4.72 Å². The van der Waals surface area contributed by atoms with E-state index in [0.717, 1.165) is 18.7 Å². The van der Waals surface area contributed by atoms with Crippen molar-refractivity contribution in [2.45, 2.75) is 6.54 Å². The Balaban J connectivity index is 1.61. The maximum absolute atomic E-state index is 12.6. The number of anilines is 1. The lowest BCUT2D eigenvalue weighted by atomic mass is 10.1. The molecule has 2 aliphatic heterocycles. The molecule has 1 fully saturated rings. The number of aromatic nitrogens is 1. The van der Waals surface area contributed by atoms with E-state index in [1.807, 2.05) is 0 Å². The number of nitrogens with one attached hydrogen (secondary N) is 2. The molecule has 0 radical (unpaired) electrons. The Morgan fingerprint density at radius 3 is 2.68 bits per heavy atom. The highest BCUT2D eigenvalue weighted by Gasteiger charge is 2.31. The molecule has 10 heteroatoms. The lowest BCUT2D eigenvalue weighted by molar-refractivity contribution is 0.0361. The van der Waals surface area contributed by atoms with Crippen LogP contribution in [0.4, 0.5) is 5.69 Å². The van der Waals surface area contributed by atoms with Crippen LogP contribution in [0.5, 0.6) is 0 Å². The van der Waals surface area contributed by atoms with Gasteiger partial charge in [-0.2, -0.15) is 12.7 Å². The summed E-state index contributed by atoms with van der Waals surface area (Å²) >= 11 is 12.5. The molecule has 0 amide bonds. The van der Waals surface area contributed by atoms with Gasteiger partial charge < -0.3 is 9.72 Å².